The summed E-state index contributed by atoms with van der Waals surface area (Å²) in [4.78, 5) is 4.46. The van der Waals surface area contributed by atoms with Gasteiger partial charge in [0, 0.05) is 43.5 Å². The van der Waals surface area contributed by atoms with Gasteiger partial charge in [-0.3, -0.25) is 4.68 Å². The Labute approximate surface area is 213 Å². The van der Waals surface area contributed by atoms with Gasteiger partial charge in [-0.25, -0.2) is 22.3 Å². The number of hydrogen-bond donors (Lipinski definition) is 0. The summed E-state index contributed by atoms with van der Waals surface area (Å²) < 4.78 is 53.9. The molecule has 0 aliphatic carbocycles. The predicted molar refractivity (Wildman–Crippen MR) is 134 cm³/mol. The summed E-state index contributed by atoms with van der Waals surface area (Å²) in [6, 6.07) is 12.3. The third-order valence-electron chi connectivity index (χ3n) is 7.60. The molecule has 9 heteroatoms. The van der Waals surface area contributed by atoms with Crippen LogP contribution >= 0.6 is 0 Å². The molecular formula is C27H32F2N4O2S. The molecule has 0 spiro atoms. The van der Waals surface area contributed by atoms with Crippen molar-refractivity contribution in [1.29, 1.82) is 0 Å². The minimum absolute atomic E-state index is 0.00280. The predicted octanol–water partition coefficient (Wildman–Crippen LogP) is 5.06. The van der Waals surface area contributed by atoms with Gasteiger partial charge in [-0.15, -0.1) is 0 Å². The van der Waals surface area contributed by atoms with Crippen LogP contribution in [0.1, 0.15) is 67.3 Å². The maximum Gasteiger partial charge on any atom is 0.161 e. The number of ether oxygens (including phenoxy) is 1. The zero-order chi connectivity index (χ0) is 25.3. The van der Waals surface area contributed by atoms with E-state index in [-0.39, 0.29) is 29.0 Å². The number of aromatic nitrogens is 3. The summed E-state index contributed by atoms with van der Waals surface area (Å²) in [6.45, 7) is 5.53. The first-order valence-electron chi connectivity index (χ1n) is 12.6. The highest BCUT2D eigenvalue weighted by Crippen LogP contribution is 2.42. The quantitative estimate of drug-likeness (QED) is 0.461. The van der Waals surface area contributed by atoms with Gasteiger partial charge in [0.15, 0.2) is 5.82 Å². The molecule has 1 unspecified atom stereocenters. The average Bonchev–Trinajstić information content (AvgIpc) is 3.39. The molecule has 3 heterocycles. The van der Waals surface area contributed by atoms with Crippen molar-refractivity contribution in [3.63, 3.8) is 0 Å². The Morgan fingerprint density at radius 3 is 2.56 bits per heavy atom. The maximum atomic E-state index is 15.8. The Morgan fingerprint density at radius 1 is 1.11 bits per heavy atom. The van der Waals surface area contributed by atoms with Crippen molar-refractivity contribution in [1.82, 2.24) is 19.1 Å². The molecule has 0 amide bonds. The van der Waals surface area contributed by atoms with Crippen LogP contribution in [0, 0.1) is 11.6 Å². The van der Waals surface area contributed by atoms with Crippen molar-refractivity contribution in [2.75, 3.05) is 13.2 Å². The number of rotatable bonds is 6. The van der Waals surface area contributed by atoms with Gasteiger partial charge < -0.3 is 4.74 Å². The molecule has 2 aliphatic rings. The summed E-state index contributed by atoms with van der Waals surface area (Å²) in [5.74, 6) is -0.496. The molecule has 0 saturated carbocycles. The van der Waals surface area contributed by atoms with Gasteiger partial charge in [0.25, 0.3) is 0 Å². The normalized spacial score (nSPS) is 24.6. The molecule has 2 fully saturated rings. The fourth-order valence-corrected chi connectivity index (χ4v) is 7.17. The molecule has 1 aromatic heterocycles. The Balaban J connectivity index is 1.46. The second-order valence-electron chi connectivity index (χ2n) is 9.72. The number of halogens is 2. The first-order chi connectivity index (χ1) is 17.4. The van der Waals surface area contributed by atoms with Crippen LogP contribution in [0.15, 0.2) is 48.8 Å². The molecular weight excluding hydrogens is 482 g/mol. The lowest BCUT2D eigenvalue weighted by atomic mass is 9.73. The van der Waals surface area contributed by atoms with E-state index in [9.17, 15) is 4.21 Å². The van der Waals surface area contributed by atoms with E-state index >= 15 is 8.78 Å². The van der Waals surface area contributed by atoms with E-state index < -0.39 is 28.0 Å². The van der Waals surface area contributed by atoms with Crippen molar-refractivity contribution in [3.8, 4) is 0 Å². The van der Waals surface area contributed by atoms with E-state index in [0.29, 0.717) is 38.4 Å². The molecule has 0 N–H and O–H groups in total. The number of nitrogens with zero attached hydrogens (tertiary/aromatic N) is 4. The topological polar surface area (TPSA) is 60.2 Å². The second-order valence-corrected chi connectivity index (χ2v) is 11.3. The van der Waals surface area contributed by atoms with E-state index in [1.807, 2.05) is 44.2 Å². The smallest absolute Gasteiger partial charge is 0.161 e. The van der Waals surface area contributed by atoms with Gasteiger partial charge in [0.1, 0.15) is 28.9 Å². The zero-order valence-corrected chi connectivity index (χ0v) is 21.5. The fraction of sp³-hybridized carbons (Fsp3) is 0.481. The SMILES string of the molecule is CCn1cnc(C2(c3cc(F)c(CN4[C@@H](C)CC[C@H](c5ccccc5)S4=O)cc3F)CCOCC2)n1. The Bertz CT molecular complexity index is 1230. The summed E-state index contributed by atoms with van der Waals surface area (Å²) in [5.41, 5.74) is 0.632. The van der Waals surface area contributed by atoms with Gasteiger partial charge in [0.05, 0.1) is 10.7 Å². The molecule has 0 bridgehead atoms. The Hall–Kier alpha value is -2.49. The van der Waals surface area contributed by atoms with Crippen molar-refractivity contribution in [2.45, 2.75) is 69.3 Å². The zero-order valence-electron chi connectivity index (χ0n) is 20.7. The molecule has 0 radical (unpaired) electrons. The van der Waals surface area contributed by atoms with Crippen LogP contribution in [0.5, 0.6) is 0 Å². The highest BCUT2D eigenvalue weighted by Gasteiger charge is 2.43. The van der Waals surface area contributed by atoms with E-state index in [4.69, 9.17) is 4.74 Å². The van der Waals surface area contributed by atoms with Crippen molar-refractivity contribution < 1.29 is 17.7 Å². The van der Waals surface area contributed by atoms with Crippen LogP contribution in [-0.2, 0) is 34.2 Å². The monoisotopic (exact) mass is 514 g/mol. The van der Waals surface area contributed by atoms with Crippen LogP contribution in [-0.4, -0.2) is 42.5 Å². The molecule has 6 nitrogen and oxygen atoms in total. The Morgan fingerprint density at radius 2 is 1.86 bits per heavy atom. The van der Waals surface area contributed by atoms with E-state index in [0.717, 1.165) is 18.4 Å². The maximum absolute atomic E-state index is 15.8. The summed E-state index contributed by atoms with van der Waals surface area (Å²) in [6.07, 6.45) is 4.21. The first-order valence-corrected chi connectivity index (χ1v) is 13.8. The minimum atomic E-state index is -1.35. The second kappa shape index (κ2) is 10.5. The van der Waals surface area contributed by atoms with Crippen LogP contribution < -0.4 is 0 Å². The summed E-state index contributed by atoms with van der Waals surface area (Å²) >= 11 is 0. The van der Waals surface area contributed by atoms with Gasteiger partial charge in [-0.2, -0.15) is 5.10 Å². The van der Waals surface area contributed by atoms with Crippen LogP contribution in [0.4, 0.5) is 8.78 Å². The lowest BCUT2D eigenvalue weighted by molar-refractivity contribution is 0.0592. The lowest BCUT2D eigenvalue weighted by Crippen LogP contribution is -2.41. The van der Waals surface area contributed by atoms with Crippen molar-refractivity contribution >= 4 is 11.0 Å². The fourth-order valence-electron chi connectivity index (χ4n) is 5.39. The molecule has 2 aliphatic heterocycles. The van der Waals surface area contributed by atoms with Gasteiger partial charge in [-0.05, 0) is 57.2 Å². The van der Waals surface area contributed by atoms with Crippen LogP contribution in [0.2, 0.25) is 0 Å². The van der Waals surface area contributed by atoms with Crippen molar-refractivity contribution in [2.24, 2.45) is 0 Å². The highest BCUT2D eigenvalue weighted by atomic mass is 32.2. The van der Waals surface area contributed by atoms with E-state index in [1.54, 1.807) is 15.3 Å². The third kappa shape index (κ3) is 4.64. The molecule has 2 saturated heterocycles. The van der Waals surface area contributed by atoms with Gasteiger partial charge in [0.2, 0.25) is 0 Å². The number of aryl methyl sites for hydroxylation is 1. The van der Waals surface area contributed by atoms with Crippen LogP contribution in [0.3, 0.4) is 0 Å². The molecule has 36 heavy (non-hydrogen) atoms. The summed E-state index contributed by atoms with van der Waals surface area (Å²) in [7, 11) is -1.35. The van der Waals surface area contributed by atoms with Crippen LogP contribution in [0.25, 0.3) is 0 Å². The molecule has 5 rings (SSSR count). The third-order valence-corrected chi connectivity index (χ3v) is 9.54. The minimum Gasteiger partial charge on any atom is -0.381 e. The number of hydrogen-bond acceptors (Lipinski definition) is 4. The summed E-state index contributed by atoms with van der Waals surface area (Å²) in [5, 5.41) is 4.40. The standard InChI is InChI=1S/C27H32F2N4O2S/c1-3-32-18-30-26(31-32)27(11-13-35-14-12-27)22-16-23(28)21(15-24(22)29)17-33-19(2)9-10-25(36(33)34)20-7-5-4-6-8-20/h4-8,15-16,18-19,25H,3,9-14,17H2,1-2H3/t19-,25+,36?/m0/s1. The van der Waals surface area contributed by atoms with E-state index in [2.05, 4.69) is 10.1 Å². The molecule has 3 atom stereocenters. The first kappa shape index (κ1) is 25.2. The average molecular weight is 515 g/mol. The molecule has 2 aromatic carbocycles. The van der Waals surface area contributed by atoms with E-state index in [1.165, 1.54) is 12.1 Å². The van der Waals surface area contributed by atoms with Gasteiger partial charge in [-0.1, -0.05) is 30.3 Å². The Kier molecular flexibility index (Phi) is 7.32. The number of benzene rings is 2. The molecule has 3 aromatic rings. The highest BCUT2D eigenvalue weighted by molar-refractivity contribution is 7.83. The van der Waals surface area contributed by atoms with Crippen molar-refractivity contribution in [3.05, 3.63) is 82.9 Å². The van der Waals surface area contributed by atoms with Gasteiger partial charge >= 0.3 is 0 Å². The largest absolute Gasteiger partial charge is 0.381 e. The lowest BCUT2D eigenvalue weighted by Gasteiger charge is -2.37. The molecule has 192 valence electrons.